The van der Waals surface area contributed by atoms with Gasteiger partial charge in [-0.2, -0.15) is 0 Å². The van der Waals surface area contributed by atoms with E-state index in [0.29, 0.717) is 10.9 Å². The van der Waals surface area contributed by atoms with Gasteiger partial charge in [0.25, 0.3) is 0 Å². The maximum atomic E-state index is 5.77. The van der Waals surface area contributed by atoms with E-state index in [4.69, 9.17) is 16.3 Å². The fourth-order valence-electron chi connectivity index (χ4n) is 0.990. The molecule has 1 aromatic rings. The van der Waals surface area contributed by atoms with E-state index in [9.17, 15) is 0 Å². The average molecular weight is 310 g/mol. The smallest absolute Gasteiger partial charge is 0.227 e. The van der Waals surface area contributed by atoms with Crippen LogP contribution in [-0.4, -0.2) is 11.6 Å². The second-order valence-corrected chi connectivity index (χ2v) is 4.79. The van der Waals surface area contributed by atoms with Gasteiger partial charge in [-0.05, 0) is 47.4 Å². The topological polar surface area (TPSA) is 22.1 Å². The van der Waals surface area contributed by atoms with Crippen molar-refractivity contribution in [3.63, 3.8) is 0 Å². The molecule has 0 unspecified atom stereocenters. The molecule has 0 bridgehead atoms. The molecule has 0 radical (unpaired) electrons. The van der Waals surface area contributed by atoms with E-state index in [0.717, 1.165) is 16.1 Å². The van der Waals surface area contributed by atoms with Gasteiger partial charge in [0.1, 0.15) is 0 Å². The highest BCUT2D eigenvalue weighted by Crippen LogP contribution is 2.30. The first-order chi connectivity index (χ1) is 6.25. The normalized spacial score (nSPS) is 15.8. The van der Waals surface area contributed by atoms with Crippen LogP contribution in [0.4, 0.5) is 0 Å². The molecule has 0 aliphatic heterocycles. The van der Waals surface area contributed by atoms with Crippen molar-refractivity contribution in [3.8, 4) is 5.88 Å². The van der Waals surface area contributed by atoms with E-state index in [1.807, 2.05) is 6.07 Å². The molecule has 1 aliphatic rings. The van der Waals surface area contributed by atoms with E-state index in [-0.39, 0.29) is 0 Å². The van der Waals surface area contributed by atoms with E-state index in [1.165, 1.54) is 12.8 Å². The number of rotatable bonds is 3. The van der Waals surface area contributed by atoms with Crippen LogP contribution >= 0.6 is 34.2 Å². The van der Waals surface area contributed by atoms with Gasteiger partial charge < -0.3 is 4.74 Å². The Bertz CT molecular complexity index is 314. The molecule has 2 rings (SSSR count). The van der Waals surface area contributed by atoms with Gasteiger partial charge in [-0.15, -0.1) is 0 Å². The highest BCUT2D eigenvalue weighted by molar-refractivity contribution is 14.1. The monoisotopic (exact) mass is 309 g/mol. The lowest BCUT2D eigenvalue weighted by atomic mass is 10.4. The summed E-state index contributed by atoms with van der Waals surface area (Å²) >= 11 is 7.95. The Morgan fingerprint density at radius 1 is 1.62 bits per heavy atom. The predicted octanol–water partition coefficient (Wildman–Crippen LogP) is 3.13. The van der Waals surface area contributed by atoms with Gasteiger partial charge in [-0.3, -0.25) is 0 Å². The van der Waals surface area contributed by atoms with Crippen molar-refractivity contribution in [3.05, 3.63) is 20.9 Å². The Kier molecular flexibility index (Phi) is 2.93. The lowest BCUT2D eigenvalue weighted by Gasteiger charge is -2.05. The summed E-state index contributed by atoms with van der Waals surface area (Å²) in [5, 5.41) is 0.656. The van der Waals surface area contributed by atoms with Crippen LogP contribution in [0.25, 0.3) is 0 Å². The quantitative estimate of drug-likeness (QED) is 0.800. The van der Waals surface area contributed by atoms with Gasteiger partial charge in [0, 0.05) is 6.20 Å². The van der Waals surface area contributed by atoms with E-state index < -0.39 is 0 Å². The van der Waals surface area contributed by atoms with Gasteiger partial charge in [0.15, 0.2) is 0 Å². The van der Waals surface area contributed by atoms with Crippen molar-refractivity contribution < 1.29 is 4.74 Å². The summed E-state index contributed by atoms with van der Waals surface area (Å²) in [5.74, 6) is 1.46. The average Bonchev–Trinajstić information content (AvgIpc) is 2.86. The van der Waals surface area contributed by atoms with Crippen LogP contribution in [0.2, 0.25) is 5.02 Å². The van der Waals surface area contributed by atoms with E-state index in [2.05, 4.69) is 27.6 Å². The molecule has 0 spiro atoms. The van der Waals surface area contributed by atoms with Gasteiger partial charge in [-0.1, -0.05) is 11.6 Å². The lowest BCUT2D eigenvalue weighted by molar-refractivity contribution is 0.286. The molecule has 1 aromatic heterocycles. The molecule has 1 saturated carbocycles. The van der Waals surface area contributed by atoms with Crippen LogP contribution in [0, 0.1) is 9.49 Å². The van der Waals surface area contributed by atoms with Crippen LogP contribution in [-0.2, 0) is 0 Å². The Morgan fingerprint density at radius 2 is 2.38 bits per heavy atom. The van der Waals surface area contributed by atoms with Crippen molar-refractivity contribution in [2.24, 2.45) is 5.92 Å². The minimum Gasteiger partial charge on any atom is -0.477 e. The molecule has 1 aliphatic carbocycles. The molecule has 70 valence electrons. The molecule has 0 amide bonds. The van der Waals surface area contributed by atoms with Crippen molar-refractivity contribution in [2.45, 2.75) is 12.8 Å². The molecule has 0 aromatic carbocycles. The molecule has 0 N–H and O–H groups in total. The standard InChI is InChI=1S/C9H9ClINO/c10-7-3-8(11)9(12-4-7)13-5-6-1-2-6/h3-4,6H,1-2,5H2. The Balaban J connectivity index is 2.01. The summed E-state index contributed by atoms with van der Waals surface area (Å²) in [6.45, 7) is 0.796. The maximum absolute atomic E-state index is 5.77. The van der Waals surface area contributed by atoms with Crippen molar-refractivity contribution in [1.82, 2.24) is 4.98 Å². The molecule has 2 nitrogen and oxygen atoms in total. The van der Waals surface area contributed by atoms with Crippen molar-refractivity contribution in [1.29, 1.82) is 0 Å². The predicted molar refractivity (Wildman–Crippen MR) is 60.2 cm³/mol. The van der Waals surface area contributed by atoms with Gasteiger partial charge in [-0.25, -0.2) is 4.98 Å². The molecular formula is C9H9ClINO. The van der Waals surface area contributed by atoms with Crippen LogP contribution in [0.3, 0.4) is 0 Å². The van der Waals surface area contributed by atoms with E-state index >= 15 is 0 Å². The lowest BCUT2D eigenvalue weighted by Crippen LogP contribution is -2.01. The largest absolute Gasteiger partial charge is 0.477 e. The number of halogens is 2. The van der Waals surface area contributed by atoms with Crippen LogP contribution in [0.1, 0.15) is 12.8 Å². The minimum atomic E-state index is 0.656. The molecule has 13 heavy (non-hydrogen) atoms. The summed E-state index contributed by atoms with van der Waals surface area (Å²) in [6, 6.07) is 1.86. The van der Waals surface area contributed by atoms with Crippen LogP contribution in [0.5, 0.6) is 5.88 Å². The highest BCUT2D eigenvalue weighted by atomic mass is 127. The molecule has 0 saturated heterocycles. The van der Waals surface area contributed by atoms with Crippen LogP contribution < -0.4 is 4.74 Å². The maximum Gasteiger partial charge on any atom is 0.227 e. The first-order valence-electron chi connectivity index (χ1n) is 4.19. The van der Waals surface area contributed by atoms with Crippen molar-refractivity contribution >= 4 is 34.2 Å². The number of hydrogen-bond acceptors (Lipinski definition) is 2. The van der Waals surface area contributed by atoms with E-state index in [1.54, 1.807) is 6.20 Å². The number of nitrogens with zero attached hydrogens (tertiary/aromatic N) is 1. The second kappa shape index (κ2) is 4.00. The fraction of sp³-hybridized carbons (Fsp3) is 0.444. The minimum absolute atomic E-state index is 0.656. The Morgan fingerprint density at radius 3 is 3.00 bits per heavy atom. The number of pyridine rings is 1. The summed E-state index contributed by atoms with van der Waals surface area (Å²) < 4.78 is 6.52. The zero-order valence-electron chi connectivity index (χ0n) is 6.96. The zero-order chi connectivity index (χ0) is 9.26. The van der Waals surface area contributed by atoms with Crippen molar-refractivity contribution in [2.75, 3.05) is 6.61 Å². The molecule has 1 heterocycles. The number of aromatic nitrogens is 1. The SMILES string of the molecule is Clc1cnc(OCC2CC2)c(I)c1. The summed E-state index contributed by atoms with van der Waals surface area (Å²) in [5.41, 5.74) is 0. The summed E-state index contributed by atoms with van der Waals surface area (Å²) in [6.07, 6.45) is 4.21. The van der Waals surface area contributed by atoms with Gasteiger partial charge >= 0.3 is 0 Å². The zero-order valence-corrected chi connectivity index (χ0v) is 9.88. The fourth-order valence-corrected chi connectivity index (χ4v) is 1.96. The molecule has 4 heteroatoms. The van der Waals surface area contributed by atoms with Gasteiger partial charge in [0.2, 0.25) is 5.88 Å². The summed E-state index contributed by atoms with van der Waals surface area (Å²) in [4.78, 5) is 4.12. The number of hydrogen-bond donors (Lipinski definition) is 0. The molecular weight excluding hydrogens is 300 g/mol. The third-order valence-corrected chi connectivity index (χ3v) is 2.91. The first-order valence-corrected chi connectivity index (χ1v) is 5.65. The Labute approximate surface area is 95.8 Å². The summed E-state index contributed by atoms with van der Waals surface area (Å²) in [7, 11) is 0. The third kappa shape index (κ3) is 2.71. The molecule has 0 atom stereocenters. The van der Waals surface area contributed by atoms with Gasteiger partial charge in [0.05, 0.1) is 15.2 Å². The second-order valence-electron chi connectivity index (χ2n) is 3.19. The number of ether oxygens (including phenoxy) is 1. The third-order valence-electron chi connectivity index (χ3n) is 1.93. The molecule has 1 fully saturated rings. The first kappa shape index (κ1) is 9.52. The van der Waals surface area contributed by atoms with Crippen LogP contribution in [0.15, 0.2) is 12.3 Å². The Hall–Kier alpha value is -0.0300. The highest BCUT2D eigenvalue weighted by Gasteiger charge is 2.22.